The molecule has 0 aliphatic rings. The number of aryl methyl sites for hydroxylation is 1. The van der Waals surface area contributed by atoms with Crippen LogP contribution in [-0.2, 0) is 13.1 Å². The third-order valence-corrected chi connectivity index (χ3v) is 2.50. The Balaban J connectivity index is 1.90. The highest BCUT2D eigenvalue weighted by Gasteiger charge is 2.02. The summed E-state index contributed by atoms with van der Waals surface area (Å²) in [5, 5.41) is 3.29. The van der Waals surface area contributed by atoms with Crippen molar-refractivity contribution in [3.05, 3.63) is 47.7 Å². The molecule has 0 unspecified atom stereocenters. The van der Waals surface area contributed by atoms with E-state index in [0.29, 0.717) is 19.0 Å². The van der Waals surface area contributed by atoms with Crippen LogP contribution in [0.4, 0.5) is 0 Å². The van der Waals surface area contributed by atoms with Gasteiger partial charge in [0.05, 0.1) is 18.5 Å². The zero-order chi connectivity index (χ0) is 12.8. The first-order chi connectivity index (χ1) is 8.79. The Bertz CT molecular complexity index is 499. The fourth-order valence-corrected chi connectivity index (χ4v) is 1.58. The molecule has 0 fully saturated rings. The van der Waals surface area contributed by atoms with Gasteiger partial charge in [-0.1, -0.05) is 6.07 Å². The van der Waals surface area contributed by atoms with E-state index in [1.54, 1.807) is 25.7 Å². The Kier molecular flexibility index (Phi) is 4.20. The summed E-state index contributed by atoms with van der Waals surface area (Å²) in [6, 6.07) is 3.88. The molecule has 0 aromatic carbocycles. The van der Waals surface area contributed by atoms with Gasteiger partial charge in [-0.3, -0.25) is 9.97 Å². The summed E-state index contributed by atoms with van der Waals surface area (Å²) in [7, 11) is 1.62. The van der Waals surface area contributed by atoms with Crippen molar-refractivity contribution < 1.29 is 4.74 Å². The summed E-state index contributed by atoms with van der Waals surface area (Å²) in [5.74, 6) is 0.653. The predicted molar refractivity (Wildman–Crippen MR) is 68.1 cm³/mol. The number of aromatic nitrogens is 3. The number of rotatable bonds is 5. The maximum Gasteiger partial charge on any atom is 0.217 e. The fraction of sp³-hybridized carbons (Fsp3) is 0.308. The second kappa shape index (κ2) is 6.07. The van der Waals surface area contributed by atoms with Crippen LogP contribution in [0.2, 0.25) is 0 Å². The Morgan fingerprint density at radius 2 is 2.06 bits per heavy atom. The Morgan fingerprint density at radius 3 is 2.78 bits per heavy atom. The van der Waals surface area contributed by atoms with Gasteiger partial charge in [0.25, 0.3) is 0 Å². The smallest absolute Gasteiger partial charge is 0.217 e. The van der Waals surface area contributed by atoms with Crippen molar-refractivity contribution in [2.24, 2.45) is 0 Å². The minimum Gasteiger partial charge on any atom is -0.481 e. The van der Waals surface area contributed by atoms with Crippen LogP contribution in [0.5, 0.6) is 5.88 Å². The van der Waals surface area contributed by atoms with Gasteiger partial charge in [0.15, 0.2) is 0 Å². The topological polar surface area (TPSA) is 59.9 Å². The molecule has 0 aliphatic carbocycles. The number of hydrogen-bond acceptors (Lipinski definition) is 5. The average molecular weight is 244 g/mol. The summed E-state index contributed by atoms with van der Waals surface area (Å²) in [6.45, 7) is 3.28. The molecule has 0 saturated carbocycles. The SMILES string of the molecule is COc1ncccc1CNCc1cnc(C)cn1. The van der Waals surface area contributed by atoms with Crippen molar-refractivity contribution in [1.29, 1.82) is 0 Å². The van der Waals surface area contributed by atoms with Gasteiger partial charge in [-0.15, -0.1) is 0 Å². The number of nitrogens with zero attached hydrogens (tertiary/aromatic N) is 3. The molecule has 0 spiro atoms. The van der Waals surface area contributed by atoms with Gasteiger partial charge < -0.3 is 10.1 Å². The normalized spacial score (nSPS) is 10.3. The molecule has 94 valence electrons. The standard InChI is InChI=1S/C13H16N4O/c1-10-6-17-12(9-16-10)8-14-7-11-4-3-5-15-13(11)18-2/h3-6,9,14H,7-8H2,1-2H3. The number of pyridine rings is 1. The van der Waals surface area contributed by atoms with E-state index in [0.717, 1.165) is 17.0 Å². The molecular formula is C13H16N4O. The molecule has 1 N–H and O–H groups in total. The molecule has 0 bridgehead atoms. The van der Waals surface area contributed by atoms with Gasteiger partial charge in [0, 0.05) is 37.2 Å². The maximum atomic E-state index is 5.18. The zero-order valence-electron chi connectivity index (χ0n) is 10.6. The van der Waals surface area contributed by atoms with Crippen LogP contribution in [-0.4, -0.2) is 22.1 Å². The van der Waals surface area contributed by atoms with Crippen LogP contribution in [0.25, 0.3) is 0 Å². The fourth-order valence-electron chi connectivity index (χ4n) is 1.58. The highest BCUT2D eigenvalue weighted by molar-refractivity contribution is 5.25. The molecule has 0 saturated heterocycles. The van der Waals surface area contributed by atoms with Gasteiger partial charge >= 0.3 is 0 Å². The van der Waals surface area contributed by atoms with E-state index in [4.69, 9.17) is 4.74 Å². The Labute approximate surface area is 106 Å². The number of methoxy groups -OCH3 is 1. The lowest BCUT2D eigenvalue weighted by atomic mass is 10.2. The monoisotopic (exact) mass is 244 g/mol. The Hall–Kier alpha value is -2.01. The molecular weight excluding hydrogens is 228 g/mol. The first-order valence-electron chi connectivity index (χ1n) is 5.75. The summed E-state index contributed by atoms with van der Waals surface area (Å²) < 4.78 is 5.18. The highest BCUT2D eigenvalue weighted by Crippen LogP contribution is 2.12. The number of nitrogens with one attached hydrogen (secondary N) is 1. The third-order valence-electron chi connectivity index (χ3n) is 2.50. The second-order valence-corrected chi connectivity index (χ2v) is 3.92. The minimum atomic E-state index is 0.653. The van der Waals surface area contributed by atoms with E-state index in [1.165, 1.54) is 0 Å². The molecule has 2 heterocycles. The van der Waals surface area contributed by atoms with E-state index >= 15 is 0 Å². The van der Waals surface area contributed by atoms with Crippen molar-refractivity contribution in [2.45, 2.75) is 20.0 Å². The van der Waals surface area contributed by atoms with Gasteiger partial charge in [-0.25, -0.2) is 4.98 Å². The molecule has 18 heavy (non-hydrogen) atoms. The molecule has 5 nitrogen and oxygen atoms in total. The quantitative estimate of drug-likeness (QED) is 0.863. The molecule has 0 amide bonds. The maximum absolute atomic E-state index is 5.18. The summed E-state index contributed by atoms with van der Waals surface area (Å²) in [4.78, 5) is 12.6. The van der Waals surface area contributed by atoms with E-state index in [-0.39, 0.29) is 0 Å². The van der Waals surface area contributed by atoms with E-state index in [2.05, 4.69) is 20.3 Å². The van der Waals surface area contributed by atoms with Crippen LogP contribution in [0, 0.1) is 6.92 Å². The zero-order valence-corrected chi connectivity index (χ0v) is 10.6. The molecule has 5 heteroatoms. The highest BCUT2D eigenvalue weighted by atomic mass is 16.5. The van der Waals surface area contributed by atoms with Crippen molar-refractivity contribution >= 4 is 0 Å². The molecule has 0 radical (unpaired) electrons. The van der Waals surface area contributed by atoms with E-state index in [9.17, 15) is 0 Å². The lowest BCUT2D eigenvalue weighted by Crippen LogP contribution is -2.14. The lowest BCUT2D eigenvalue weighted by molar-refractivity contribution is 0.390. The third kappa shape index (κ3) is 3.24. The first kappa shape index (κ1) is 12.4. The molecule has 2 rings (SSSR count). The summed E-state index contributed by atoms with van der Waals surface area (Å²) >= 11 is 0. The number of hydrogen-bond donors (Lipinski definition) is 1. The van der Waals surface area contributed by atoms with E-state index in [1.807, 2.05) is 19.1 Å². The predicted octanol–water partition coefficient (Wildman–Crippen LogP) is 1.48. The van der Waals surface area contributed by atoms with Crippen LogP contribution in [0.1, 0.15) is 17.0 Å². The van der Waals surface area contributed by atoms with Crippen LogP contribution in [0.3, 0.4) is 0 Å². The first-order valence-corrected chi connectivity index (χ1v) is 5.75. The van der Waals surface area contributed by atoms with Crippen LogP contribution in [0.15, 0.2) is 30.7 Å². The minimum absolute atomic E-state index is 0.653. The van der Waals surface area contributed by atoms with Gasteiger partial charge in [-0.2, -0.15) is 0 Å². The Morgan fingerprint density at radius 1 is 1.17 bits per heavy atom. The second-order valence-electron chi connectivity index (χ2n) is 3.92. The van der Waals surface area contributed by atoms with Crippen molar-refractivity contribution in [1.82, 2.24) is 20.3 Å². The lowest BCUT2D eigenvalue weighted by Gasteiger charge is -2.07. The average Bonchev–Trinajstić information content (AvgIpc) is 2.41. The van der Waals surface area contributed by atoms with Crippen molar-refractivity contribution in [3.8, 4) is 5.88 Å². The molecule has 2 aromatic heterocycles. The van der Waals surface area contributed by atoms with Crippen LogP contribution >= 0.6 is 0 Å². The summed E-state index contributed by atoms with van der Waals surface area (Å²) in [6.07, 6.45) is 5.26. The molecule has 2 aromatic rings. The van der Waals surface area contributed by atoms with E-state index < -0.39 is 0 Å². The van der Waals surface area contributed by atoms with Gasteiger partial charge in [0.1, 0.15) is 0 Å². The number of ether oxygens (including phenoxy) is 1. The van der Waals surface area contributed by atoms with Gasteiger partial charge in [0.2, 0.25) is 5.88 Å². The van der Waals surface area contributed by atoms with Gasteiger partial charge in [-0.05, 0) is 13.0 Å². The summed E-state index contributed by atoms with van der Waals surface area (Å²) in [5.41, 5.74) is 2.87. The van der Waals surface area contributed by atoms with Crippen molar-refractivity contribution in [2.75, 3.05) is 7.11 Å². The van der Waals surface area contributed by atoms with Crippen molar-refractivity contribution in [3.63, 3.8) is 0 Å². The molecule has 0 atom stereocenters. The van der Waals surface area contributed by atoms with Crippen LogP contribution < -0.4 is 10.1 Å². The molecule has 0 aliphatic heterocycles. The largest absolute Gasteiger partial charge is 0.481 e.